The zero-order valence-electron chi connectivity index (χ0n) is 11.9. The van der Waals surface area contributed by atoms with Crippen LogP contribution in [0.15, 0.2) is 28.7 Å². The van der Waals surface area contributed by atoms with Gasteiger partial charge in [0.15, 0.2) is 5.76 Å². The number of aryl methyl sites for hydroxylation is 1. The molecule has 0 aliphatic heterocycles. The summed E-state index contributed by atoms with van der Waals surface area (Å²) < 4.78 is 5.64. The number of benzene rings is 1. The van der Waals surface area contributed by atoms with Crippen molar-refractivity contribution in [2.24, 2.45) is 11.7 Å². The maximum absolute atomic E-state index is 12.4. The molecule has 4 nitrogen and oxygen atoms in total. The van der Waals surface area contributed by atoms with E-state index in [0.717, 1.165) is 35.9 Å². The van der Waals surface area contributed by atoms with Crippen molar-refractivity contribution in [1.29, 1.82) is 0 Å². The van der Waals surface area contributed by atoms with Gasteiger partial charge in [-0.1, -0.05) is 11.6 Å². The van der Waals surface area contributed by atoms with Gasteiger partial charge in [-0.2, -0.15) is 0 Å². The summed E-state index contributed by atoms with van der Waals surface area (Å²) in [6.07, 6.45) is 2.02. The predicted molar refractivity (Wildman–Crippen MR) is 78.6 cm³/mol. The molecule has 1 aromatic heterocycles. The van der Waals surface area contributed by atoms with Crippen molar-refractivity contribution < 1.29 is 9.21 Å². The number of amides is 1. The molecule has 1 saturated carbocycles. The third kappa shape index (κ3) is 2.43. The van der Waals surface area contributed by atoms with E-state index in [1.807, 2.05) is 38.2 Å². The Morgan fingerprint density at radius 3 is 2.85 bits per heavy atom. The van der Waals surface area contributed by atoms with Gasteiger partial charge in [-0.25, -0.2) is 0 Å². The third-order valence-corrected chi connectivity index (χ3v) is 4.03. The zero-order valence-corrected chi connectivity index (χ0v) is 11.9. The Hall–Kier alpha value is -1.81. The largest absolute Gasteiger partial charge is 0.451 e. The average Bonchev–Trinajstić information content (AvgIpc) is 2.78. The van der Waals surface area contributed by atoms with Gasteiger partial charge in [0, 0.05) is 25.0 Å². The van der Waals surface area contributed by atoms with Crippen LogP contribution in [0.5, 0.6) is 0 Å². The molecule has 2 N–H and O–H groups in total. The van der Waals surface area contributed by atoms with E-state index in [1.54, 1.807) is 4.90 Å². The van der Waals surface area contributed by atoms with Crippen molar-refractivity contribution in [1.82, 2.24) is 4.90 Å². The molecule has 1 aliphatic carbocycles. The van der Waals surface area contributed by atoms with Crippen LogP contribution in [-0.2, 0) is 0 Å². The number of fused-ring (bicyclic) bond motifs is 1. The lowest BCUT2D eigenvalue weighted by molar-refractivity contribution is 0.0705. The van der Waals surface area contributed by atoms with Crippen LogP contribution >= 0.6 is 0 Å². The van der Waals surface area contributed by atoms with Crippen LogP contribution in [0.2, 0.25) is 0 Å². The fraction of sp³-hybridized carbons (Fsp3) is 0.438. The van der Waals surface area contributed by atoms with E-state index >= 15 is 0 Å². The van der Waals surface area contributed by atoms with E-state index in [1.165, 1.54) is 0 Å². The van der Waals surface area contributed by atoms with Gasteiger partial charge in [0.2, 0.25) is 0 Å². The minimum absolute atomic E-state index is 0.0562. The number of rotatable bonds is 3. The number of nitrogens with two attached hydrogens (primary N) is 1. The van der Waals surface area contributed by atoms with Crippen molar-refractivity contribution >= 4 is 16.9 Å². The highest BCUT2D eigenvalue weighted by atomic mass is 16.3. The average molecular weight is 272 g/mol. The lowest BCUT2D eigenvalue weighted by Gasteiger charge is -2.35. The highest BCUT2D eigenvalue weighted by Gasteiger charge is 2.28. The van der Waals surface area contributed by atoms with Gasteiger partial charge >= 0.3 is 0 Å². The topological polar surface area (TPSA) is 59.5 Å². The predicted octanol–water partition coefficient (Wildman–Crippen LogP) is 2.55. The highest BCUT2D eigenvalue weighted by molar-refractivity contribution is 5.96. The smallest absolute Gasteiger partial charge is 0.289 e. The standard InChI is InChI=1S/C16H20N2O2/c1-10-3-4-14-12(5-10)8-15(20-14)16(19)18(2)9-11-6-13(17)7-11/h3-5,8,11,13H,6-7,9,17H2,1-2H3. The van der Waals surface area contributed by atoms with E-state index in [-0.39, 0.29) is 5.91 Å². The van der Waals surface area contributed by atoms with Crippen LogP contribution in [0.3, 0.4) is 0 Å². The second-order valence-corrected chi connectivity index (χ2v) is 5.94. The minimum Gasteiger partial charge on any atom is -0.451 e. The molecule has 0 radical (unpaired) electrons. The summed E-state index contributed by atoms with van der Waals surface area (Å²) in [5, 5.41) is 0.979. The van der Waals surface area contributed by atoms with Crippen LogP contribution in [0.4, 0.5) is 0 Å². The second-order valence-electron chi connectivity index (χ2n) is 5.94. The van der Waals surface area contributed by atoms with E-state index in [4.69, 9.17) is 10.2 Å². The molecule has 0 bridgehead atoms. The highest BCUT2D eigenvalue weighted by Crippen LogP contribution is 2.27. The molecule has 1 amide bonds. The van der Waals surface area contributed by atoms with Crippen LogP contribution in [0, 0.1) is 12.8 Å². The number of hydrogen-bond donors (Lipinski definition) is 1. The molecule has 1 heterocycles. The SMILES string of the molecule is Cc1ccc2oc(C(=O)N(C)CC3CC(N)C3)cc2c1. The molecule has 106 valence electrons. The Morgan fingerprint density at radius 1 is 1.40 bits per heavy atom. The maximum Gasteiger partial charge on any atom is 0.289 e. The number of carbonyl (C=O) groups excluding carboxylic acids is 1. The van der Waals surface area contributed by atoms with Crippen LogP contribution in [0.1, 0.15) is 29.0 Å². The lowest BCUT2D eigenvalue weighted by Crippen LogP contribution is -2.43. The number of nitrogens with zero attached hydrogens (tertiary/aromatic N) is 1. The second kappa shape index (κ2) is 4.94. The summed E-state index contributed by atoms with van der Waals surface area (Å²) in [5.41, 5.74) is 7.70. The molecule has 20 heavy (non-hydrogen) atoms. The summed E-state index contributed by atoms with van der Waals surface area (Å²) in [6.45, 7) is 2.78. The first kappa shape index (κ1) is 13.2. The van der Waals surface area contributed by atoms with Gasteiger partial charge < -0.3 is 15.1 Å². The summed E-state index contributed by atoms with van der Waals surface area (Å²) >= 11 is 0. The molecule has 0 atom stereocenters. The fourth-order valence-electron chi connectivity index (χ4n) is 2.86. The van der Waals surface area contributed by atoms with Gasteiger partial charge in [-0.15, -0.1) is 0 Å². The summed E-state index contributed by atoms with van der Waals surface area (Å²) in [5.74, 6) is 0.890. The third-order valence-electron chi connectivity index (χ3n) is 4.03. The van der Waals surface area contributed by atoms with Crippen molar-refractivity contribution in [2.75, 3.05) is 13.6 Å². The molecule has 2 aromatic rings. The summed E-state index contributed by atoms with van der Waals surface area (Å²) in [6, 6.07) is 8.07. The van der Waals surface area contributed by atoms with Crippen LogP contribution < -0.4 is 5.73 Å². The van der Waals surface area contributed by atoms with Gasteiger partial charge in [0.25, 0.3) is 5.91 Å². The fourth-order valence-corrected chi connectivity index (χ4v) is 2.86. The maximum atomic E-state index is 12.4. The first-order valence-corrected chi connectivity index (χ1v) is 7.04. The first-order chi connectivity index (χ1) is 9.52. The van der Waals surface area contributed by atoms with Crippen LogP contribution in [-0.4, -0.2) is 30.4 Å². The van der Waals surface area contributed by atoms with Crippen molar-refractivity contribution in [3.05, 3.63) is 35.6 Å². The van der Waals surface area contributed by atoms with Crippen molar-refractivity contribution in [3.63, 3.8) is 0 Å². The molecular weight excluding hydrogens is 252 g/mol. The molecule has 0 saturated heterocycles. The Morgan fingerprint density at radius 2 is 2.15 bits per heavy atom. The van der Waals surface area contributed by atoms with Crippen molar-refractivity contribution in [3.8, 4) is 0 Å². The summed E-state index contributed by atoms with van der Waals surface area (Å²) in [4.78, 5) is 14.1. The number of furan rings is 1. The normalized spacial score (nSPS) is 21.8. The quantitative estimate of drug-likeness (QED) is 0.934. The molecule has 1 aromatic carbocycles. The lowest BCUT2D eigenvalue weighted by atomic mass is 9.80. The monoisotopic (exact) mass is 272 g/mol. The Labute approximate surface area is 118 Å². The van der Waals surface area contributed by atoms with Crippen LogP contribution in [0.25, 0.3) is 11.0 Å². The molecule has 0 unspecified atom stereocenters. The van der Waals surface area contributed by atoms with Gasteiger partial charge in [-0.05, 0) is 43.9 Å². The Bertz CT molecular complexity index is 641. The molecule has 0 spiro atoms. The molecular formula is C16H20N2O2. The van der Waals surface area contributed by atoms with Gasteiger partial charge in [-0.3, -0.25) is 4.79 Å². The van der Waals surface area contributed by atoms with E-state index < -0.39 is 0 Å². The van der Waals surface area contributed by atoms with E-state index in [0.29, 0.717) is 17.7 Å². The minimum atomic E-state index is -0.0562. The number of hydrogen-bond acceptors (Lipinski definition) is 3. The zero-order chi connectivity index (χ0) is 14.3. The summed E-state index contributed by atoms with van der Waals surface area (Å²) in [7, 11) is 1.82. The number of carbonyl (C=O) groups is 1. The van der Waals surface area contributed by atoms with E-state index in [2.05, 4.69) is 0 Å². The molecule has 1 aliphatic rings. The van der Waals surface area contributed by atoms with E-state index in [9.17, 15) is 4.79 Å². The van der Waals surface area contributed by atoms with Gasteiger partial charge in [0.05, 0.1) is 0 Å². The molecule has 3 rings (SSSR count). The Kier molecular flexibility index (Phi) is 3.26. The Balaban J connectivity index is 1.74. The van der Waals surface area contributed by atoms with Crippen molar-refractivity contribution in [2.45, 2.75) is 25.8 Å². The van der Waals surface area contributed by atoms with Gasteiger partial charge in [0.1, 0.15) is 5.58 Å². The molecule has 4 heteroatoms. The molecule has 1 fully saturated rings. The first-order valence-electron chi connectivity index (χ1n) is 7.04.